The average molecular weight is 352 g/mol. The molecule has 8 heteroatoms. The Labute approximate surface area is 138 Å². The maximum atomic E-state index is 14.0. The molecule has 0 aliphatic carbocycles. The van der Waals surface area contributed by atoms with E-state index >= 15 is 0 Å². The van der Waals surface area contributed by atoms with E-state index in [1.807, 2.05) is 0 Å². The molecule has 1 saturated heterocycles. The second-order valence-corrected chi connectivity index (χ2v) is 7.15. The first-order chi connectivity index (χ1) is 11.4. The van der Waals surface area contributed by atoms with Gasteiger partial charge in [-0.05, 0) is 17.7 Å². The van der Waals surface area contributed by atoms with E-state index in [4.69, 9.17) is 0 Å². The predicted octanol–water partition coefficient (Wildman–Crippen LogP) is 1.83. The van der Waals surface area contributed by atoms with E-state index in [-0.39, 0.29) is 13.1 Å². The van der Waals surface area contributed by atoms with Crippen molar-refractivity contribution in [3.8, 4) is 0 Å². The van der Waals surface area contributed by atoms with Crippen LogP contribution in [0, 0.1) is 11.6 Å². The van der Waals surface area contributed by atoms with Crippen molar-refractivity contribution in [3.63, 3.8) is 0 Å². The van der Waals surface area contributed by atoms with Gasteiger partial charge < -0.3 is 5.32 Å². The molecule has 24 heavy (non-hydrogen) atoms. The molecular weight excluding hydrogens is 338 g/mol. The molecule has 0 aromatic heterocycles. The molecule has 0 spiro atoms. The van der Waals surface area contributed by atoms with Gasteiger partial charge in [-0.1, -0.05) is 30.3 Å². The second-order valence-electron chi connectivity index (χ2n) is 5.29. The van der Waals surface area contributed by atoms with Gasteiger partial charge in [-0.3, -0.25) is 4.79 Å². The molecule has 0 bridgehead atoms. The van der Waals surface area contributed by atoms with Gasteiger partial charge in [0.15, 0.2) is 0 Å². The highest BCUT2D eigenvalue weighted by Crippen LogP contribution is 2.30. The zero-order chi connectivity index (χ0) is 17.3. The molecule has 0 unspecified atom stereocenters. The summed E-state index contributed by atoms with van der Waals surface area (Å²) in [6.45, 7) is 0.106. The largest absolute Gasteiger partial charge is 0.353 e. The number of hydrogen-bond acceptors (Lipinski definition) is 3. The van der Waals surface area contributed by atoms with Crippen LogP contribution in [0.3, 0.4) is 0 Å². The highest BCUT2D eigenvalue weighted by Gasteiger charge is 2.40. The number of amides is 1. The van der Waals surface area contributed by atoms with Crippen LogP contribution < -0.4 is 5.32 Å². The van der Waals surface area contributed by atoms with Crippen molar-refractivity contribution in [1.29, 1.82) is 0 Å². The van der Waals surface area contributed by atoms with Gasteiger partial charge in [-0.15, -0.1) is 0 Å². The fourth-order valence-corrected chi connectivity index (χ4v) is 4.29. The lowest BCUT2D eigenvalue weighted by Gasteiger charge is -2.34. The van der Waals surface area contributed by atoms with Crippen molar-refractivity contribution in [1.82, 2.24) is 9.62 Å². The summed E-state index contributed by atoms with van der Waals surface area (Å²) in [6, 6.07) is 9.50. The average Bonchev–Trinajstić information content (AvgIpc) is 2.55. The number of benzene rings is 2. The number of halogens is 2. The highest BCUT2D eigenvalue weighted by molar-refractivity contribution is 7.89. The molecule has 5 nitrogen and oxygen atoms in total. The van der Waals surface area contributed by atoms with E-state index < -0.39 is 38.5 Å². The summed E-state index contributed by atoms with van der Waals surface area (Å²) in [5.74, 6) is -2.55. The number of sulfonamides is 1. The van der Waals surface area contributed by atoms with E-state index in [9.17, 15) is 22.0 Å². The van der Waals surface area contributed by atoms with Crippen molar-refractivity contribution in [2.45, 2.75) is 10.9 Å². The first-order valence-electron chi connectivity index (χ1n) is 7.21. The van der Waals surface area contributed by atoms with E-state index in [1.54, 1.807) is 30.3 Å². The zero-order valence-electron chi connectivity index (χ0n) is 12.4. The summed E-state index contributed by atoms with van der Waals surface area (Å²) in [7, 11) is -4.31. The maximum absolute atomic E-state index is 14.0. The van der Waals surface area contributed by atoms with Gasteiger partial charge in [0.25, 0.3) is 0 Å². The van der Waals surface area contributed by atoms with Crippen LogP contribution in [0.5, 0.6) is 0 Å². The van der Waals surface area contributed by atoms with Crippen LogP contribution in [-0.2, 0) is 14.8 Å². The Morgan fingerprint density at radius 3 is 2.46 bits per heavy atom. The number of carbonyl (C=O) groups is 1. The van der Waals surface area contributed by atoms with E-state index in [0.717, 1.165) is 16.4 Å². The van der Waals surface area contributed by atoms with E-state index in [1.165, 1.54) is 0 Å². The Morgan fingerprint density at radius 2 is 1.79 bits per heavy atom. The summed E-state index contributed by atoms with van der Waals surface area (Å²) >= 11 is 0. The fourth-order valence-electron chi connectivity index (χ4n) is 2.67. The molecular formula is C16H14F2N2O3S. The molecule has 3 rings (SSSR count). The number of piperazine rings is 1. The van der Waals surface area contributed by atoms with Crippen molar-refractivity contribution >= 4 is 15.9 Å². The maximum Gasteiger partial charge on any atom is 0.247 e. The standard InChI is InChI=1S/C16H14F2N2O3S/c17-12-6-7-14(13(18)10-12)24(22,23)20-9-8-19-16(21)15(20)11-4-2-1-3-5-11/h1-7,10,15H,8-9H2,(H,19,21)/t15-/m1/s1. The lowest BCUT2D eigenvalue weighted by molar-refractivity contribution is -0.126. The van der Waals surface area contributed by atoms with Crippen molar-refractivity contribution in [2.24, 2.45) is 0 Å². The molecule has 1 atom stereocenters. The van der Waals surface area contributed by atoms with Gasteiger partial charge in [-0.2, -0.15) is 4.31 Å². The quantitative estimate of drug-likeness (QED) is 0.916. The molecule has 1 amide bonds. The van der Waals surface area contributed by atoms with E-state index in [0.29, 0.717) is 11.6 Å². The fraction of sp³-hybridized carbons (Fsp3) is 0.188. The Morgan fingerprint density at radius 1 is 1.08 bits per heavy atom. The molecule has 2 aromatic carbocycles. The number of nitrogens with zero attached hydrogens (tertiary/aromatic N) is 1. The van der Waals surface area contributed by atoms with Crippen LogP contribution in [0.2, 0.25) is 0 Å². The van der Waals surface area contributed by atoms with Gasteiger partial charge in [0, 0.05) is 19.2 Å². The highest BCUT2D eigenvalue weighted by atomic mass is 32.2. The number of carbonyl (C=O) groups excluding carboxylic acids is 1. The number of rotatable bonds is 3. The summed E-state index contributed by atoms with van der Waals surface area (Å²) < 4.78 is 53.7. The Hall–Kier alpha value is -2.32. The van der Waals surface area contributed by atoms with Crippen molar-refractivity contribution in [2.75, 3.05) is 13.1 Å². The van der Waals surface area contributed by atoms with Crippen LogP contribution in [-0.4, -0.2) is 31.7 Å². The lowest BCUT2D eigenvalue weighted by Crippen LogP contribution is -2.52. The molecule has 1 heterocycles. The minimum absolute atomic E-state index is 0.00947. The Kier molecular flexibility index (Phi) is 4.33. The second kappa shape index (κ2) is 6.29. The van der Waals surface area contributed by atoms with Crippen LogP contribution in [0.4, 0.5) is 8.78 Å². The molecule has 1 fully saturated rings. The minimum Gasteiger partial charge on any atom is -0.353 e. The smallest absolute Gasteiger partial charge is 0.247 e. The van der Waals surface area contributed by atoms with Gasteiger partial charge in [-0.25, -0.2) is 17.2 Å². The van der Waals surface area contributed by atoms with Crippen LogP contribution in [0.15, 0.2) is 53.4 Å². The molecule has 2 aromatic rings. The molecule has 0 saturated carbocycles. The first-order valence-corrected chi connectivity index (χ1v) is 8.65. The topological polar surface area (TPSA) is 66.5 Å². The number of hydrogen-bond donors (Lipinski definition) is 1. The number of nitrogens with one attached hydrogen (secondary N) is 1. The van der Waals surface area contributed by atoms with Crippen LogP contribution in [0.25, 0.3) is 0 Å². The molecule has 1 N–H and O–H groups in total. The predicted molar refractivity (Wildman–Crippen MR) is 82.4 cm³/mol. The molecule has 1 aliphatic heterocycles. The van der Waals surface area contributed by atoms with Gasteiger partial charge in [0.2, 0.25) is 15.9 Å². The summed E-state index contributed by atoms with van der Waals surface area (Å²) in [4.78, 5) is 11.6. The summed E-state index contributed by atoms with van der Waals surface area (Å²) in [5.41, 5.74) is 0.473. The third kappa shape index (κ3) is 2.90. The third-order valence-electron chi connectivity index (χ3n) is 3.76. The third-order valence-corrected chi connectivity index (χ3v) is 5.66. The molecule has 1 aliphatic rings. The Balaban J connectivity index is 2.09. The first kappa shape index (κ1) is 16.5. The van der Waals surface area contributed by atoms with Crippen LogP contribution >= 0.6 is 0 Å². The Bertz CT molecular complexity index is 872. The van der Waals surface area contributed by atoms with Gasteiger partial charge in [0.1, 0.15) is 22.6 Å². The summed E-state index contributed by atoms with van der Waals surface area (Å²) in [5, 5.41) is 2.61. The zero-order valence-corrected chi connectivity index (χ0v) is 13.3. The van der Waals surface area contributed by atoms with Crippen LogP contribution in [0.1, 0.15) is 11.6 Å². The van der Waals surface area contributed by atoms with E-state index in [2.05, 4.69) is 5.32 Å². The normalized spacial score (nSPS) is 19.1. The van der Waals surface area contributed by atoms with Gasteiger partial charge in [0.05, 0.1) is 0 Å². The monoisotopic (exact) mass is 352 g/mol. The lowest BCUT2D eigenvalue weighted by atomic mass is 10.1. The molecule has 0 radical (unpaired) electrons. The van der Waals surface area contributed by atoms with Gasteiger partial charge >= 0.3 is 0 Å². The summed E-state index contributed by atoms with van der Waals surface area (Å²) in [6.07, 6.45) is 0. The van der Waals surface area contributed by atoms with Crippen molar-refractivity contribution in [3.05, 3.63) is 65.7 Å². The minimum atomic E-state index is -4.31. The molecule has 126 valence electrons. The SMILES string of the molecule is O=C1NCCN(S(=O)(=O)c2ccc(F)cc2F)[C@@H]1c1ccccc1. The van der Waals surface area contributed by atoms with Crippen molar-refractivity contribution < 1.29 is 22.0 Å².